The predicted octanol–water partition coefficient (Wildman–Crippen LogP) is 6.40. The standard InChI is InChI=1S/C20H11Cl2IN2O2/c21-13-1-7-18(22)17(10-13)19-8-6-16(27-19)9-12(11-24)20(26)25-15-4-2-14(23)3-5-15/h1-10H,(H,25,26)/b12-9+. The van der Waals surface area contributed by atoms with Gasteiger partial charge in [-0.25, -0.2) is 0 Å². The van der Waals surface area contributed by atoms with Crippen molar-refractivity contribution in [3.05, 3.63) is 79.5 Å². The second kappa shape index (κ2) is 8.61. The fourth-order valence-electron chi connectivity index (χ4n) is 2.28. The zero-order chi connectivity index (χ0) is 19.4. The first-order chi connectivity index (χ1) is 13.0. The molecule has 3 aromatic rings. The third-order valence-electron chi connectivity index (χ3n) is 3.57. The van der Waals surface area contributed by atoms with Crippen LogP contribution in [0.15, 0.2) is 64.6 Å². The van der Waals surface area contributed by atoms with Crippen molar-refractivity contribution in [2.75, 3.05) is 5.32 Å². The summed E-state index contributed by atoms with van der Waals surface area (Å²) in [6, 6.07) is 17.5. The van der Waals surface area contributed by atoms with E-state index in [2.05, 4.69) is 27.9 Å². The highest BCUT2D eigenvalue weighted by Gasteiger charge is 2.13. The highest BCUT2D eigenvalue weighted by molar-refractivity contribution is 14.1. The van der Waals surface area contributed by atoms with E-state index in [1.165, 1.54) is 6.08 Å². The summed E-state index contributed by atoms with van der Waals surface area (Å²) in [4.78, 5) is 12.3. The molecule has 0 bridgehead atoms. The van der Waals surface area contributed by atoms with Crippen molar-refractivity contribution >= 4 is 63.5 Å². The van der Waals surface area contributed by atoms with Crippen LogP contribution in [0.2, 0.25) is 10.0 Å². The molecule has 1 aromatic heterocycles. The van der Waals surface area contributed by atoms with Crippen LogP contribution in [0.1, 0.15) is 5.76 Å². The zero-order valence-electron chi connectivity index (χ0n) is 13.7. The molecule has 2 aromatic carbocycles. The first kappa shape index (κ1) is 19.5. The molecule has 134 valence electrons. The number of nitrogens with one attached hydrogen (secondary N) is 1. The molecule has 0 fully saturated rings. The van der Waals surface area contributed by atoms with Gasteiger partial charge in [-0.15, -0.1) is 0 Å². The smallest absolute Gasteiger partial charge is 0.266 e. The Kier molecular flexibility index (Phi) is 6.22. The molecule has 3 rings (SSSR count). The number of amides is 1. The van der Waals surface area contributed by atoms with Crippen LogP contribution in [0.5, 0.6) is 0 Å². The summed E-state index contributed by atoms with van der Waals surface area (Å²) in [5.74, 6) is 0.330. The van der Waals surface area contributed by atoms with E-state index in [4.69, 9.17) is 27.6 Å². The molecule has 7 heteroatoms. The van der Waals surface area contributed by atoms with Crippen molar-refractivity contribution < 1.29 is 9.21 Å². The molecule has 0 radical (unpaired) electrons. The number of halogens is 3. The minimum absolute atomic E-state index is 0.0772. The monoisotopic (exact) mass is 508 g/mol. The summed E-state index contributed by atoms with van der Waals surface area (Å²) < 4.78 is 6.75. The number of rotatable bonds is 4. The minimum Gasteiger partial charge on any atom is -0.457 e. The third kappa shape index (κ3) is 4.92. The van der Waals surface area contributed by atoms with Crippen molar-refractivity contribution in [3.63, 3.8) is 0 Å². The summed E-state index contributed by atoms with van der Waals surface area (Å²) in [6.45, 7) is 0. The average Bonchev–Trinajstić information content (AvgIpc) is 3.12. The summed E-state index contributed by atoms with van der Waals surface area (Å²) >= 11 is 14.3. The van der Waals surface area contributed by atoms with Gasteiger partial charge in [0, 0.05) is 25.9 Å². The number of carbonyl (C=O) groups excluding carboxylic acids is 1. The molecule has 27 heavy (non-hydrogen) atoms. The molecular weight excluding hydrogens is 498 g/mol. The van der Waals surface area contributed by atoms with Crippen LogP contribution < -0.4 is 5.32 Å². The molecule has 0 aliphatic heterocycles. The molecule has 4 nitrogen and oxygen atoms in total. The van der Waals surface area contributed by atoms with Crippen LogP contribution in [0.25, 0.3) is 17.4 Å². The maximum absolute atomic E-state index is 12.3. The molecular formula is C20H11Cl2IN2O2. The van der Waals surface area contributed by atoms with E-state index in [0.29, 0.717) is 32.8 Å². The van der Waals surface area contributed by atoms with Gasteiger partial charge < -0.3 is 9.73 Å². The number of nitrogens with zero attached hydrogens (tertiary/aromatic N) is 1. The Hall–Kier alpha value is -2.27. The van der Waals surface area contributed by atoms with Crippen LogP contribution in [0.3, 0.4) is 0 Å². The lowest BCUT2D eigenvalue weighted by Crippen LogP contribution is -2.13. The molecule has 0 aliphatic rings. The number of furan rings is 1. The number of anilines is 1. The highest BCUT2D eigenvalue weighted by Crippen LogP contribution is 2.32. The van der Waals surface area contributed by atoms with Crippen LogP contribution in [0.4, 0.5) is 5.69 Å². The second-order valence-electron chi connectivity index (χ2n) is 5.46. The van der Waals surface area contributed by atoms with Crippen molar-refractivity contribution in [2.24, 2.45) is 0 Å². The maximum atomic E-state index is 12.3. The van der Waals surface area contributed by atoms with Crippen molar-refractivity contribution in [3.8, 4) is 17.4 Å². The summed E-state index contributed by atoms with van der Waals surface area (Å²) in [5.41, 5.74) is 1.16. The van der Waals surface area contributed by atoms with Gasteiger partial charge in [-0.05, 0) is 77.2 Å². The average molecular weight is 509 g/mol. The Labute approximate surface area is 179 Å². The van der Waals surface area contributed by atoms with E-state index in [1.54, 1.807) is 42.5 Å². The van der Waals surface area contributed by atoms with E-state index >= 15 is 0 Å². The van der Waals surface area contributed by atoms with E-state index in [1.807, 2.05) is 18.2 Å². The van der Waals surface area contributed by atoms with E-state index in [0.717, 1.165) is 3.57 Å². The summed E-state index contributed by atoms with van der Waals surface area (Å²) in [6.07, 6.45) is 1.38. The SMILES string of the molecule is N#C/C(=C\c1ccc(-c2cc(Cl)ccc2Cl)o1)C(=O)Nc1ccc(I)cc1. The van der Waals surface area contributed by atoms with Gasteiger partial charge in [0.2, 0.25) is 0 Å². The van der Waals surface area contributed by atoms with Gasteiger partial charge in [-0.3, -0.25) is 4.79 Å². The lowest BCUT2D eigenvalue weighted by atomic mass is 10.2. The fraction of sp³-hybridized carbons (Fsp3) is 0. The normalized spacial score (nSPS) is 11.1. The maximum Gasteiger partial charge on any atom is 0.266 e. The molecule has 0 spiro atoms. The zero-order valence-corrected chi connectivity index (χ0v) is 17.3. The van der Waals surface area contributed by atoms with Gasteiger partial charge in [0.15, 0.2) is 0 Å². The van der Waals surface area contributed by atoms with Crippen LogP contribution in [-0.2, 0) is 4.79 Å². The molecule has 0 saturated heterocycles. The summed E-state index contributed by atoms with van der Waals surface area (Å²) in [7, 11) is 0. The van der Waals surface area contributed by atoms with Gasteiger partial charge in [0.05, 0.1) is 5.02 Å². The minimum atomic E-state index is -0.516. The number of hydrogen-bond acceptors (Lipinski definition) is 3. The molecule has 1 heterocycles. The molecule has 1 N–H and O–H groups in total. The number of hydrogen-bond donors (Lipinski definition) is 1. The Morgan fingerprint density at radius 1 is 1.11 bits per heavy atom. The topological polar surface area (TPSA) is 66.0 Å². The van der Waals surface area contributed by atoms with Crippen LogP contribution >= 0.6 is 45.8 Å². The van der Waals surface area contributed by atoms with E-state index in [-0.39, 0.29) is 5.57 Å². The Bertz CT molecular complexity index is 1070. The molecule has 0 atom stereocenters. The third-order valence-corrected chi connectivity index (χ3v) is 4.86. The van der Waals surface area contributed by atoms with Crippen LogP contribution in [-0.4, -0.2) is 5.91 Å². The van der Waals surface area contributed by atoms with Crippen LogP contribution in [0, 0.1) is 14.9 Å². The van der Waals surface area contributed by atoms with Gasteiger partial charge in [0.1, 0.15) is 23.2 Å². The largest absolute Gasteiger partial charge is 0.457 e. The van der Waals surface area contributed by atoms with Crippen molar-refractivity contribution in [2.45, 2.75) is 0 Å². The highest BCUT2D eigenvalue weighted by atomic mass is 127. The number of carbonyl (C=O) groups is 1. The van der Waals surface area contributed by atoms with E-state index < -0.39 is 5.91 Å². The molecule has 0 unspecified atom stereocenters. The van der Waals surface area contributed by atoms with Gasteiger partial charge in [-0.1, -0.05) is 23.2 Å². The van der Waals surface area contributed by atoms with Gasteiger partial charge in [0.25, 0.3) is 5.91 Å². The Balaban J connectivity index is 1.83. The quantitative estimate of drug-likeness (QED) is 0.252. The number of nitriles is 1. The van der Waals surface area contributed by atoms with Crippen molar-refractivity contribution in [1.82, 2.24) is 0 Å². The number of benzene rings is 2. The van der Waals surface area contributed by atoms with Crippen molar-refractivity contribution in [1.29, 1.82) is 5.26 Å². The first-order valence-electron chi connectivity index (χ1n) is 7.70. The van der Waals surface area contributed by atoms with E-state index in [9.17, 15) is 10.1 Å². The second-order valence-corrected chi connectivity index (χ2v) is 7.55. The molecule has 0 saturated carbocycles. The first-order valence-corrected chi connectivity index (χ1v) is 9.54. The Morgan fingerprint density at radius 3 is 2.56 bits per heavy atom. The lowest BCUT2D eigenvalue weighted by molar-refractivity contribution is -0.112. The Morgan fingerprint density at radius 2 is 1.85 bits per heavy atom. The molecule has 1 amide bonds. The fourth-order valence-corrected chi connectivity index (χ4v) is 3.03. The lowest BCUT2D eigenvalue weighted by Gasteiger charge is -2.04. The summed E-state index contributed by atoms with van der Waals surface area (Å²) in [5, 5.41) is 13.0. The van der Waals surface area contributed by atoms with Gasteiger partial charge in [-0.2, -0.15) is 5.26 Å². The predicted molar refractivity (Wildman–Crippen MR) is 116 cm³/mol. The van der Waals surface area contributed by atoms with Gasteiger partial charge >= 0.3 is 0 Å². The molecule has 0 aliphatic carbocycles.